The van der Waals surface area contributed by atoms with Gasteiger partial charge in [0.2, 0.25) is 0 Å². The molecule has 1 aliphatic heterocycles. The summed E-state index contributed by atoms with van der Waals surface area (Å²) < 4.78 is 21.7. The Labute approximate surface area is 135 Å². The maximum Gasteiger partial charge on any atom is 0.339 e. The molecule has 1 aromatic heterocycles. The minimum atomic E-state index is -1.39. The van der Waals surface area contributed by atoms with E-state index in [0.717, 1.165) is 5.52 Å². The molecule has 6 nitrogen and oxygen atoms in total. The third-order valence-corrected chi connectivity index (χ3v) is 4.17. The number of aromatic nitrogens is 2. The SMILES string of the molecule is O=C(O)c1ccc(-c2nc3ccccc3n2C2COC2)c(F)c1O. The number of hydrogen-bond acceptors (Lipinski definition) is 4. The van der Waals surface area contributed by atoms with Crippen molar-refractivity contribution in [3.63, 3.8) is 0 Å². The molecule has 4 rings (SSSR count). The largest absolute Gasteiger partial charge is 0.504 e. The predicted octanol–water partition coefficient (Wildman–Crippen LogP) is 2.82. The smallest absolute Gasteiger partial charge is 0.339 e. The van der Waals surface area contributed by atoms with Crippen LogP contribution in [0.25, 0.3) is 22.4 Å². The van der Waals surface area contributed by atoms with E-state index in [9.17, 15) is 14.3 Å². The number of nitrogens with zero attached hydrogens (tertiary/aromatic N) is 2. The summed E-state index contributed by atoms with van der Waals surface area (Å²) in [5, 5.41) is 18.9. The summed E-state index contributed by atoms with van der Waals surface area (Å²) in [4.78, 5) is 15.5. The molecule has 0 unspecified atom stereocenters. The van der Waals surface area contributed by atoms with Crippen LogP contribution < -0.4 is 0 Å². The lowest BCUT2D eigenvalue weighted by Gasteiger charge is -2.29. The van der Waals surface area contributed by atoms with E-state index >= 15 is 0 Å². The van der Waals surface area contributed by atoms with Gasteiger partial charge in [0.1, 0.15) is 11.4 Å². The predicted molar refractivity (Wildman–Crippen MR) is 83.6 cm³/mol. The highest BCUT2D eigenvalue weighted by Crippen LogP contribution is 2.36. The Balaban J connectivity index is 1.97. The van der Waals surface area contributed by atoms with E-state index in [1.807, 2.05) is 28.8 Å². The summed E-state index contributed by atoms with van der Waals surface area (Å²) in [5.41, 5.74) is 1.11. The van der Waals surface area contributed by atoms with Crippen LogP contribution in [-0.2, 0) is 4.74 Å². The molecule has 0 aliphatic carbocycles. The number of aromatic hydroxyl groups is 1. The Bertz CT molecular complexity index is 963. The Morgan fingerprint density at radius 1 is 1.25 bits per heavy atom. The average molecular weight is 328 g/mol. The molecule has 0 amide bonds. The number of benzene rings is 2. The van der Waals surface area contributed by atoms with Gasteiger partial charge in [-0.25, -0.2) is 14.2 Å². The third-order valence-electron chi connectivity index (χ3n) is 4.17. The molecule has 2 N–H and O–H groups in total. The summed E-state index contributed by atoms with van der Waals surface area (Å²) in [6, 6.07) is 9.93. The van der Waals surface area contributed by atoms with Gasteiger partial charge in [0.05, 0.1) is 35.9 Å². The molecule has 24 heavy (non-hydrogen) atoms. The molecule has 0 atom stereocenters. The van der Waals surface area contributed by atoms with Crippen LogP contribution in [0.3, 0.4) is 0 Å². The highest BCUT2D eigenvalue weighted by Gasteiger charge is 2.28. The normalized spacial score (nSPS) is 14.7. The van der Waals surface area contributed by atoms with Crippen LogP contribution >= 0.6 is 0 Å². The van der Waals surface area contributed by atoms with E-state index in [2.05, 4.69) is 4.98 Å². The molecule has 7 heteroatoms. The lowest BCUT2D eigenvalue weighted by Crippen LogP contribution is -2.31. The highest BCUT2D eigenvalue weighted by atomic mass is 19.1. The molecular formula is C17H13FN2O4. The van der Waals surface area contributed by atoms with E-state index < -0.39 is 23.1 Å². The Morgan fingerprint density at radius 3 is 2.67 bits per heavy atom. The molecule has 0 saturated carbocycles. The molecule has 3 aromatic rings. The van der Waals surface area contributed by atoms with Crippen molar-refractivity contribution in [1.82, 2.24) is 9.55 Å². The number of ether oxygens (including phenoxy) is 1. The number of para-hydroxylation sites is 2. The van der Waals surface area contributed by atoms with Crippen molar-refractivity contribution in [2.45, 2.75) is 6.04 Å². The van der Waals surface area contributed by atoms with Crippen LogP contribution in [0.15, 0.2) is 36.4 Å². The molecular weight excluding hydrogens is 315 g/mol. The fraction of sp³-hybridized carbons (Fsp3) is 0.176. The number of carboxylic acid groups (broad SMARTS) is 1. The standard InChI is InChI=1S/C17H13FN2O4/c18-14-10(5-6-11(15(14)21)17(22)23)16-19-12-3-1-2-4-13(12)20(16)9-7-24-8-9/h1-6,9,21H,7-8H2,(H,22,23). The van der Waals surface area contributed by atoms with Gasteiger partial charge in [-0.3, -0.25) is 0 Å². The number of imidazole rings is 1. The van der Waals surface area contributed by atoms with Gasteiger partial charge in [0, 0.05) is 0 Å². The maximum absolute atomic E-state index is 14.6. The minimum Gasteiger partial charge on any atom is -0.504 e. The first-order valence-electron chi connectivity index (χ1n) is 7.37. The summed E-state index contributed by atoms with van der Waals surface area (Å²) in [6.45, 7) is 0.988. The molecule has 0 spiro atoms. The van der Waals surface area contributed by atoms with Gasteiger partial charge < -0.3 is 19.5 Å². The fourth-order valence-electron chi connectivity index (χ4n) is 2.89. The molecule has 1 fully saturated rings. The van der Waals surface area contributed by atoms with Crippen molar-refractivity contribution in [3.8, 4) is 17.1 Å². The van der Waals surface area contributed by atoms with Gasteiger partial charge in [0.25, 0.3) is 0 Å². The van der Waals surface area contributed by atoms with E-state index in [4.69, 9.17) is 9.84 Å². The maximum atomic E-state index is 14.6. The lowest BCUT2D eigenvalue weighted by atomic mass is 10.1. The van der Waals surface area contributed by atoms with Gasteiger partial charge in [-0.2, -0.15) is 0 Å². The highest BCUT2D eigenvalue weighted by molar-refractivity contribution is 5.92. The van der Waals surface area contributed by atoms with Crippen LogP contribution in [0.5, 0.6) is 5.75 Å². The van der Waals surface area contributed by atoms with Crippen molar-refractivity contribution in [2.75, 3.05) is 13.2 Å². The van der Waals surface area contributed by atoms with Crippen LogP contribution in [0, 0.1) is 5.82 Å². The van der Waals surface area contributed by atoms with Crippen molar-refractivity contribution in [3.05, 3.63) is 47.8 Å². The van der Waals surface area contributed by atoms with Gasteiger partial charge in [-0.1, -0.05) is 12.1 Å². The zero-order valence-corrected chi connectivity index (χ0v) is 12.4. The van der Waals surface area contributed by atoms with Gasteiger partial charge in [-0.15, -0.1) is 0 Å². The van der Waals surface area contributed by atoms with Gasteiger partial charge in [-0.05, 0) is 24.3 Å². The van der Waals surface area contributed by atoms with Crippen LogP contribution in [-0.4, -0.2) is 38.9 Å². The Hall–Kier alpha value is -2.93. The topological polar surface area (TPSA) is 84.6 Å². The minimum absolute atomic E-state index is 0.0214. The van der Waals surface area contributed by atoms with Gasteiger partial charge in [0.15, 0.2) is 11.6 Å². The number of rotatable bonds is 3. The van der Waals surface area contributed by atoms with Crippen LogP contribution in [0.1, 0.15) is 16.4 Å². The van der Waals surface area contributed by atoms with Crippen molar-refractivity contribution >= 4 is 17.0 Å². The number of carbonyl (C=O) groups is 1. The Kier molecular flexibility index (Phi) is 3.24. The lowest BCUT2D eigenvalue weighted by molar-refractivity contribution is -0.0209. The zero-order chi connectivity index (χ0) is 16.8. The van der Waals surface area contributed by atoms with E-state index in [-0.39, 0.29) is 11.6 Å². The number of aromatic carboxylic acids is 1. The van der Waals surface area contributed by atoms with Crippen molar-refractivity contribution in [1.29, 1.82) is 0 Å². The number of carboxylic acids is 1. The first-order chi connectivity index (χ1) is 11.6. The van der Waals surface area contributed by atoms with E-state index in [1.54, 1.807) is 0 Å². The second-order valence-corrected chi connectivity index (χ2v) is 5.61. The molecule has 0 bridgehead atoms. The molecule has 1 saturated heterocycles. The van der Waals surface area contributed by atoms with Crippen molar-refractivity contribution in [2.24, 2.45) is 0 Å². The molecule has 2 heterocycles. The molecule has 122 valence electrons. The second-order valence-electron chi connectivity index (χ2n) is 5.61. The average Bonchev–Trinajstić information content (AvgIpc) is 2.87. The summed E-state index contributed by atoms with van der Waals surface area (Å²) in [7, 11) is 0. The summed E-state index contributed by atoms with van der Waals surface area (Å²) in [5.74, 6) is -2.93. The quantitative estimate of drug-likeness (QED) is 0.772. The summed E-state index contributed by atoms with van der Waals surface area (Å²) >= 11 is 0. The van der Waals surface area contributed by atoms with Gasteiger partial charge >= 0.3 is 5.97 Å². The second kappa shape index (κ2) is 5.31. The Morgan fingerprint density at radius 2 is 2.00 bits per heavy atom. The number of fused-ring (bicyclic) bond motifs is 1. The zero-order valence-electron chi connectivity index (χ0n) is 12.4. The molecule has 1 aliphatic rings. The molecule has 0 radical (unpaired) electrons. The van der Waals surface area contributed by atoms with E-state index in [0.29, 0.717) is 24.6 Å². The number of halogens is 1. The van der Waals surface area contributed by atoms with Crippen molar-refractivity contribution < 1.29 is 24.1 Å². The monoisotopic (exact) mass is 328 g/mol. The van der Waals surface area contributed by atoms with E-state index in [1.165, 1.54) is 12.1 Å². The van der Waals surface area contributed by atoms with Crippen LogP contribution in [0.2, 0.25) is 0 Å². The fourth-order valence-corrected chi connectivity index (χ4v) is 2.89. The molecule has 2 aromatic carbocycles. The third kappa shape index (κ3) is 2.05. The van der Waals surface area contributed by atoms with Crippen LogP contribution in [0.4, 0.5) is 4.39 Å². The first kappa shape index (κ1) is 14.6. The number of phenols is 1. The summed E-state index contributed by atoms with van der Waals surface area (Å²) in [6.07, 6.45) is 0. The number of hydrogen-bond donors (Lipinski definition) is 2. The first-order valence-corrected chi connectivity index (χ1v) is 7.37.